The van der Waals surface area contributed by atoms with Gasteiger partial charge in [0.25, 0.3) is 0 Å². The summed E-state index contributed by atoms with van der Waals surface area (Å²) in [6.07, 6.45) is 0.759. The summed E-state index contributed by atoms with van der Waals surface area (Å²) in [7, 11) is 0. The number of thiazole rings is 1. The summed E-state index contributed by atoms with van der Waals surface area (Å²) in [5.74, 6) is -0.220. The number of carbonyl (C=O) groups excluding carboxylic acids is 1. The van der Waals surface area contributed by atoms with Crippen LogP contribution in [0.4, 0.5) is 0 Å². The lowest BCUT2D eigenvalue weighted by molar-refractivity contribution is -0.140. The molecule has 0 saturated heterocycles. The van der Waals surface area contributed by atoms with Crippen LogP contribution in [-0.2, 0) is 16.0 Å². The average molecular weight is 264 g/mol. The van der Waals surface area contributed by atoms with Gasteiger partial charge in [0.15, 0.2) is 0 Å². The van der Waals surface area contributed by atoms with E-state index in [2.05, 4.69) is 20.9 Å². The lowest BCUT2D eigenvalue weighted by Crippen LogP contribution is -2.08. The number of ether oxygens (including phenoxy) is 1. The van der Waals surface area contributed by atoms with Crippen LogP contribution in [0.15, 0.2) is 5.51 Å². The number of hydrogen-bond donors (Lipinski definition) is 0. The maximum Gasteiger partial charge on any atom is 0.316 e. The molecule has 0 unspecified atom stereocenters. The van der Waals surface area contributed by atoms with Crippen LogP contribution in [0.1, 0.15) is 10.6 Å². The van der Waals surface area contributed by atoms with Gasteiger partial charge >= 0.3 is 5.97 Å². The Balaban J connectivity index is 2.28. The molecule has 1 heterocycles. The van der Waals surface area contributed by atoms with Gasteiger partial charge in [0, 0.05) is 11.3 Å². The van der Waals surface area contributed by atoms with E-state index in [9.17, 15) is 4.79 Å². The third kappa shape index (κ3) is 3.44. The molecule has 0 bridgehead atoms. The zero-order valence-corrected chi connectivity index (χ0v) is 9.65. The molecule has 1 aromatic heterocycles. The lowest BCUT2D eigenvalue weighted by atomic mass is 10.3. The van der Waals surface area contributed by atoms with Crippen molar-refractivity contribution in [3.05, 3.63) is 16.1 Å². The van der Waals surface area contributed by atoms with Crippen molar-refractivity contribution in [2.75, 3.05) is 11.9 Å². The Hall–Kier alpha value is -0.420. The molecule has 1 aromatic rings. The van der Waals surface area contributed by atoms with Crippen molar-refractivity contribution in [1.29, 1.82) is 0 Å². The van der Waals surface area contributed by atoms with Gasteiger partial charge in [-0.1, -0.05) is 15.9 Å². The van der Waals surface area contributed by atoms with E-state index in [0.717, 1.165) is 12.1 Å². The summed E-state index contributed by atoms with van der Waals surface area (Å²) in [6, 6.07) is 0. The Labute approximate surface area is 89.3 Å². The fourth-order valence-electron chi connectivity index (χ4n) is 0.862. The van der Waals surface area contributed by atoms with Crippen molar-refractivity contribution in [3.8, 4) is 0 Å². The normalized spacial score (nSPS) is 10.0. The minimum Gasteiger partial charge on any atom is -0.465 e. The van der Waals surface area contributed by atoms with Gasteiger partial charge in [-0.15, -0.1) is 11.3 Å². The monoisotopic (exact) mass is 263 g/mol. The van der Waals surface area contributed by atoms with E-state index in [1.807, 2.05) is 6.92 Å². The molecule has 0 aliphatic heterocycles. The van der Waals surface area contributed by atoms with E-state index >= 15 is 0 Å². The fourth-order valence-corrected chi connectivity index (χ4v) is 1.79. The summed E-state index contributed by atoms with van der Waals surface area (Å²) in [5, 5.41) is 0.259. The SMILES string of the molecule is Cc1ncsc1CCOC(=O)CBr. The molecule has 0 aromatic carbocycles. The molecule has 0 spiro atoms. The first-order chi connectivity index (χ1) is 6.24. The molecular weight excluding hydrogens is 254 g/mol. The molecule has 0 radical (unpaired) electrons. The zero-order chi connectivity index (χ0) is 9.68. The van der Waals surface area contributed by atoms with Gasteiger partial charge in [-0.05, 0) is 6.92 Å². The summed E-state index contributed by atoms with van der Waals surface area (Å²) in [6.45, 7) is 2.39. The van der Waals surface area contributed by atoms with Crippen LogP contribution < -0.4 is 0 Å². The minimum absolute atomic E-state index is 0.220. The van der Waals surface area contributed by atoms with Crippen molar-refractivity contribution in [3.63, 3.8) is 0 Å². The summed E-state index contributed by atoms with van der Waals surface area (Å²) >= 11 is 4.62. The second-order valence-corrected chi connectivity index (χ2v) is 3.97. The molecule has 5 heteroatoms. The molecule has 3 nitrogen and oxygen atoms in total. The van der Waals surface area contributed by atoms with Gasteiger partial charge < -0.3 is 4.74 Å². The average Bonchev–Trinajstić information content (AvgIpc) is 2.52. The Morgan fingerprint density at radius 3 is 3.08 bits per heavy atom. The van der Waals surface area contributed by atoms with Crippen LogP contribution in [0.5, 0.6) is 0 Å². The van der Waals surface area contributed by atoms with Crippen LogP contribution >= 0.6 is 27.3 Å². The quantitative estimate of drug-likeness (QED) is 0.616. The van der Waals surface area contributed by atoms with E-state index in [-0.39, 0.29) is 11.3 Å². The van der Waals surface area contributed by atoms with Crippen LogP contribution in [0, 0.1) is 6.92 Å². The van der Waals surface area contributed by atoms with Crippen LogP contribution in [0.2, 0.25) is 0 Å². The highest BCUT2D eigenvalue weighted by Crippen LogP contribution is 2.12. The predicted molar refractivity (Wildman–Crippen MR) is 55.3 cm³/mol. The first kappa shape index (κ1) is 10.7. The van der Waals surface area contributed by atoms with Crippen LogP contribution in [0.3, 0.4) is 0 Å². The predicted octanol–water partition coefficient (Wildman–Crippen LogP) is 1.93. The number of aromatic nitrogens is 1. The van der Waals surface area contributed by atoms with Gasteiger partial charge in [0.05, 0.1) is 17.8 Å². The van der Waals surface area contributed by atoms with E-state index in [4.69, 9.17) is 4.74 Å². The van der Waals surface area contributed by atoms with Crippen molar-refractivity contribution in [2.24, 2.45) is 0 Å². The largest absolute Gasteiger partial charge is 0.465 e. The molecular formula is C8H10BrNO2S. The number of hydrogen-bond acceptors (Lipinski definition) is 4. The minimum atomic E-state index is -0.220. The van der Waals surface area contributed by atoms with Crippen molar-refractivity contribution in [2.45, 2.75) is 13.3 Å². The fraction of sp³-hybridized carbons (Fsp3) is 0.500. The number of aryl methyl sites for hydroxylation is 1. The smallest absolute Gasteiger partial charge is 0.316 e. The van der Waals surface area contributed by atoms with Gasteiger partial charge in [-0.3, -0.25) is 4.79 Å². The van der Waals surface area contributed by atoms with Crippen molar-refractivity contribution >= 4 is 33.2 Å². The second-order valence-electron chi connectivity index (χ2n) is 2.47. The molecule has 0 saturated carbocycles. The molecule has 0 fully saturated rings. The lowest BCUT2D eigenvalue weighted by Gasteiger charge is -2.00. The number of nitrogens with zero attached hydrogens (tertiary/aromatic N) is 1. The zero-order valence-electron chi connectivity index (χ0n) is 7.25. The molecule has 1 rings (SSSR count). The molecule has 0 aliphatic carbocycles. The first-order valence-electron chi connectivity index (χ1n) is 3.84. The molecule has 13 heavy (non-hydrogen) atoms. The van der Waals surface area contributed by atoms with Gasteiger partial charge in [-0.2, -0.15) is 0 Å². The molecule has 0 aliphatic rings. The van der Waals surface area contributed by atoms with Crippen molar-refractivity contribution in [1.82, 2.24) is 4.98 Å². The topological polar surface area (TPSA) is 39.2 Å². The number of rotatable bonds is 4. The number of esters is 1. The van der Waals surface area contributed by atoms with Crippen LogP contribution in [0.25, 0.3) is 0 Å². The molecule has 72 valence electrons. The van der Waals surface area contributed by atoms with E-state index < -0.39 is 0 Å². The van der Waals surface area contributed by atoms with Gasteiger partial charge in [0.1, 0.15) is 5.33 Å². The highest BCUT2D eigenvalue weighted by molar-refractivity contribution is 9.09. The summed E-state index contributed by atoms with van der Waals surface area (Å²) in [5.41, 5.74) is 2.83. The molecule has 0 atom stereocenters. The Morgan fingerprint density at radius 1 is 1.77 bits per heavy atom. The van der Waals surface area contributed by atoms with Gasteiger partial charge in [-0.25, -0.2) is 4.98 Å². The van der Waals surface area contributed by atoms with Crippen LogP contribution in [-0.4, -0.2) is 22.9 Å². The number of halogens is 1. The standard InChI is InChI=1S/C8H10BrNO2S/c1-6-7(13-5-10-6)2-3-12-8(11)4-9/h5H,2-4H2,1H3. The molecule has 0 N–H and O–H groups in total. The maximum atomic E-state index is 10.7. The maximum absolute atomic E-state index is 10.7. The highest BCUT2D eigenvalue weighted by atomic mass is 79.9. The van der Waals surface area contributed by atoms with E-state index in [1.165, 1.54) is 4.88 Å². The van der Waals surface area contributed by atoms with Gasteiger partial charge in [0.2, 0.25) is 0 Å². The third-order valence-electron chi connectivity index (χ3n) is 1.55. The second kappa shape index (κ2) is 5.34. The molecule has 0 amide bonds. The highest BCUT2D eigenvalue weighted by Gasteiger charge is 2.03. The number of carbonyl (C=O) groups is 1. The number of alkyl halides is 1. The van der Waals surface area contributed by atoms with E-state index in [0.29, 0.717) is 6.61 Å². The third-order valence-corrected chi connectivity index (χ3v) is 3.00. The summed E-state index contributed by atoms with van der Waals surface area (Å²) in [4.78, 5) is 16.0. The van der Waals surface area contributed by atoms with E-state index in [1.54, 1.807) is 16.8 Å². The Bertz CT molecular complexity index is 287. The Kier molecular flexibility index (Phi) is 4.38. The first-order valence-corrected chi connectivity index (χ1v) is 5.84. The van der Waals surface area contributed by atoms with Crippen molar-refractivity contribution < 1.29 is 9.53 Å². The summed E-state index contributed by atoms with van der Waals surface area (Å²) < 4.78 is 4.91. The Morgan fingerprint density at radius 2 is 2.54 bits per heavy atom.